The van der Waals surface area contributed by atoms with Crippen LogP contribution >= 0.6 is 7.82 Å². The number of carboxylic acids is 1. The highest BCUT2D eigenvalue weighted by molar-refractivity contribution is 7.46. The molecular weight excluding hydrogens is 879 g/mol. The van der Waals surface area contributed by atoms with Crippen molar-refractivity contribution >= 4 is 25.6 Å². The number of hydrogen-bond acceptors (Lipinski definition) is 21. The summed E-state index contributed by atoms with van der Waals surface area (Å²) < 4.78 is 37.9. The van der Waals surface area contributed by atoms with E-state index < -0.39 is 111 Å². The molecule has 4 aliphatic rings. The first-order valence-corrected chi connectivity index (χ1v) is 20.4. The molecule has 8 rings (SSSR count). The zero-order chi connectivity index (χ0) is 46.8. The van der Waals surface area contributed by atoms with Gasteiger partial charge >= 0.3 is 25.5 Å². The number of aromatic nitrogens is 2. The molecule has 1 aromatic heterocycles. The van der Waals surface area contributed by atoms with Crippen molar-refractivity contribution in [3.8, 4) is 23.0 Å². The fourth-order valence-electron chi connectivity index (χ4n) is 7.90. The van der Waals surface area contributed by atoms with Crippen molar-refractivity contribution in [1.82, 2.24) is 9.55 Å². The lowest BCUT2D eigenvalue weighted by Crippen LogP contribution is -2.65. The number of aliphatic hydroxyl groups is 7. The van der Waals surface area contributed by atoms with Crippen LogP contribution in [0.5, 0.6) is 23.0 Å². The zero-order valence-corrected chi connectivity index (χ0v) is 33.5. The van der Waals surface area contributed by atoms with E-state index in [1.165, 1.54) is 60.8 Å². The molecule has 0 aliphatic carbocycles. The lowest BCUT2D eigenvalue weighted by Gasteiger charge is -2.43. The van der Waals surface area contributed by atoms with E-state index in [0.717, 1.165) is 4.57 Å². The molecule has 11 atom stereocenters. The van der Waals surface area contributed by atoms with Crippen LogP contribution in [0, 0.1) is 0 Å². The Morgan fingerprint density at radius 3 is 2.16 bits per heavy atom. The van der Waals surface area contributed by atoms with Gasteiger partial charge in [-0.1, -0.05) is 18.2 Å². The van der Waals surface area contributed by atoms with Crippen LogP contribution in [0.25, 0.3) is 0 Å². The number of carbonyl (C=O) groups excluding carboxylic acids is 1. The Hall–Kier alpha value is -5.61. The molecule has 5 heterocycles. The standard InChI is InChI=1S/C29H27NO13.C9H14N3O8P/c30-21-17(33)10-28(40,27(38)39)42-25(21)24(36)23(35)22(34)13-2-1-3-16-20(13)26(37)43-29(16)14-6-4-11(31)8-18(14)41-19-9-12(32)5-7-15(19)29;10-5-1-2-12(9(15)11-5)8-7(14)6(13)4(20-8)3-19-21(16,17)18/h1-9,17,21-25,31-36,40H,10,30H2,(H,38,39);1-2,4,6-8,13-14H,3H2,(H2,10,11,15)(H2,16,17,18)/t17-,21+,22?,23+,24+,25+,28-;4-,6-,7-,8-/m01/s1. The molecule has 64 heavy (non-hydrogen) atoms. The minimum absolute atomic E-state index is 0.0225. The van der Waals surface area contributed by atoms with Gasteiger partial charge in [-0.3, -0.25) is 9.09 Å². The second-order valence-electron chi connectivity index (χ2n) is 15.1. The van der Waals surface area contributed by atoms with Gasteiger partial charge in [-0.05, 0) is 35.9 Å². The largest absolute Gasteiger partial charge is 0.508 e. The van der Waals surface area contributed by atoms with Gasteiger partial charge in [0.15, 0.2) is 11.8 Å². The van der Waals surface area contributed by atoms with Crippen molar-refractivity contribution in [2.45, 2.75) is 78.9 Å². The van der Waals surface area contributed by atoms with E-state index in [4.69, 9.17) is 40.2 Å². The van der Waals surface area contributed by atoms with Crippen LogP contribution in [0.4, 0.5) is 5.82 Å². The summed E-state index contributed by atoms with van der Waals surface area (Å²) in [5, 5.41) is 103. The smallest absolute Gasteiger partial charge is 0.469 e. The summed E-state index contributed by atoms with van der Waals surface area (Å²) in [6.45, 7) is -0.657. The molecule has 344 valence electrons. The van der Waals surface area contributed by atoms with Crippen LogP contribution in [0.1, 0.15) is 51.4 Å². The molecule has 26 heteroatoms. The topological polar surface area (TPSA) is 427 Å². The van der Waals surface area contributed by atoms with Gasteiger partial charge in [-0.2, -0.15) is 4.98 Å². The minimum atomic E-state index is -4.74. The molecule has 4 aromatic rings. The van der Waals surface area contributed by atoms with Crippen molar-refractivity contribution in [1.29, 1.82) is 0 Å². The maximum absolute atomic E-state index is 13.6. The molecule has 16 N–H and O–H groups in total. The second kappa shape index (κ2) is 17.1. The molecule has 0 amide bonds. The molecule has 0 saturated carbocycles. The van der Waals surface area contributed by atoms with Crippen molar-refractivity contribution in [2.24, 2.45) is 5.73 Å². The molecule has 2 saturated heterocycles. The van der Waals surface area contributed by atoms with Gasteiger partial charge in [0.2, 0.25) is 0 Å². The van der Waals surface area contributed by atoms with Gasteiger partial charge in [0.1, 0.15) is 71.5 Å². The van der Waals surface area contributed by atoms with Crippen LogP contribution in [0.3, 0.4) is 0 Å². The number of nitrogens with two attached hydrogens (primary N) is 2. The van der Waals surface area contributed by atoms with Crippen molar-refractivity contribution < 1.29 is 98.5 Å². The maximum Gasteiger partial charge on any atom is 0.469 e. The van der Waals surface area contributed by atoms with Crippen LogP contribution in [-0.4, -0.2) is 144 Å². The van der Waals surface area contributed by atoms with Gasteiger partial charge in [-0.25, -0.2) is 18.9 Å². The fraction of sp³-hybridized carbons (Fsp3) is 0.368. The first-order chi connectivity index (χ1) is 30.0. The number of aromatic hydroxyl groups is 2. The number of carbonyl (C=O) groups is 2. The molecule has 25 nitrogen and oxygen atoms in total. The first kappa shape index (κ1) is 46.4. The summed E-state index contributed by atoms with van der Waals surface area (Å²) in [7, 11) is -4.74. The predicted molar refractivity (Wildman–Crippen MR) is 208 cm³/mol. The number of aliphatic carboxylic acids is 1. The number of nitrogen functional groups attached to an aromatic ring is 1. The molecule has 0 bridgehead atoms. The number of benzene rings is 3. The Kier molecular flexibility index (Phi) is 12.4. The van der Waals surface area contributed by atoms with Crippen molar-refractivity contribution in [3.05, 3.63) is 105 Å². The lowest BCUT2D eigenvalue weighted by molar-refractivity contribution is -0.294. The summed E-state index contributed by atoms with van der Waals surface area (Å²) in [5.74, 6) is -5.79. The highest BCUT2D eigenvalue weighted by Gasteiger charge is 2.56. The Morgan fingerprint density at radius 1 is 0.953 bits per heavy atom. The average molecular weight is 921 g/mol. The number of phosphoric ester groups is 1. The molecule has 1 unspecified atom stereocenters. The number of aliphatic hydroxyl groups excluding tert-OH is 6. The third-order valence-corrected chi connectivity index (χ3v) is 11.5. The molecule has 3 aromatic carbocycles. The van der Waals surface area contributed by atoms with Crippen LogP contribution < -0.4 is 21.9 Å². The summed E-state index contributed by atoms with van der Waals surface area (Å²) in [6.07, 6.45) is -14.9. The lowest BCUT2D eigenvalue weighted by atomic mass is 9.76. The number of phosphoric acid groups is 1. The molecule has 4 aliphatic heterocycles. The Bertz CT molecular complexity index is 2520. The highest BCUT2D eigenvalue weighted by Crippen LogP contribution is 2.58. The van der Waals surface area contributed by atoms with Gasteiger partial charge < -0.3 is 91.3 Å². The Morgan fingerprint density at radius 2 is 1.58 bits per heavy atom. The number of phenolic OH excluding ortho intramolecular Hbond substituents is 2. The summed E-state index contributed by atoms with van der Waals surface area (Å²) >= 11 is 0. The van der Waals surface area contributed by atoms with E-state index in [1.807, 2.05) is 0 Å². The minimum Gasteiger partial charge on any atom is -0.508 e. The van der Waals surface area contributed by atoms with E-state index in [9.17, 15) is 70.0 Å². The van der Waals surface area contributed by atoms with Crippen molar-refractivity contribution in [3.63, 3.8) is 0 Å². The number of hydrogen-bond donors (Lipinski definition) is 14. The summed E-state index contributed by atoms with van der Waals surface area (Å²) in [6, 6.07) is 12.4. The van der Waals surface area contributed by atoms with Crippen molar-refractivity contribution in [2.75, 3.05) is 12.3 Å². The molecule has 0 radical (unpaired) electrons. The SMILES string of the molecule is N[C@H]1[C@H]([C@H](O)[C@H](O)C(O)c2cccc3c2C(=O)OC32c3ccc(O)cc3Oc3cc(O)ccc32)O[C@](O)(C(=O)O)C[C@@H]1O.Nc1ccn([C@@H]2O[C@H](COP(=O)(O)O)[C@@H](O)[C@H]2O)c(=O)n1. The maximum atomic E-state index is 13.6. The number of anilines is 1. The van der Waals surface area contributed by atoms with Gasteiger partial charge in [-0.15, -0.1) is 0 Å². The summed E-state index contributed by atoms with van der Waals surface area (Å²) in [4.78, 5) is 57.4. The number of carboxylic acid groups (broad SMARTS) is 1. The van der Waals surface area contributed by atoms with E-state index in [-0.39, 0.29) is 45.5 Å². The third kappa shape index (κ3) is 8.30. The number of rotatable bonds is 9. The second-order valence-corrected chi connectivity index (χ2v) is 16.4. The number of ether oxygens (including phenoxy) is 4. The number of fused-ring (bicyclic) bond motifs is 6. The predicted octanol–water partition coefficient (Wildman–Crippen LogP) is -2.77. The quantitative estimate of drug-likeness (QED) is 0.0596. The molecule has 1 spiro atoms. The molecule has 2 fully saturated rings. The highest BCUT2D eigenvalue weighted by atomic mass is 31.2. The normalized spacial score (nSPS) is 28.0. The molecular formula is C38H41N4O21P. The average Bonchev–Trinajstić information content (AvgIpc) is 3.68. The fourth-order valence-corrected chi connectivity index (χ4v) is 8.24. The monoisotopic (exact) mass is 920 g/mol. The van der Waals surface area contributed by atoms with Gasteiger partial charge in [0.25, 0.3) is 5.79 Å². The van der Waals surface area contributed by atoms with Crippen LogP contribution in [0.15, 0.2) is 71.7 Å². The third-order valence-electron chi connectivity index (χ3n) is 11.0. The zero-order valence-electron chi connectivity index (χ0n) is 32.6. The van der Waals surface area contributed by atoms with E-state index in [0.29, 0.717) is 11.1 Å². The van der Waals surface area contributed by atoms with Crippen LogP contribution in [-0.2, 0) is 33.7 Å². The summed E-state index contributed by atoms with van der Waals surface area (Å²) in [5.41, 5.74) is 9.21. The first-order valence-electron chi connectivity index (χ1n) is 18.9. The van der Waals surface area contributed by atoms with E-state index in [1.54, 1.807) is 6.07 Å². The Balaban J connectivity index is 0.000000245. The number of nitrogens with zero attached hydrogens (tertiary/aromatic N) is 2. The van der Waals surface area contributed by atoms with Gasteiger partial charge in [0, 0.05) is 41.4 Å². The van der Waals surface area contributed by atoms with E-state index >= 15 is 0 Å². The van der Waals surface area contributed by atoms with Gasteiger partial charge in [0.05, 0.1) is 24.3 Å². The van der Waals surface area contributed by atoms with E-state index in [2.05, 4.69) is 9.51 Å². The Labute approximate surface area is 358 Å². The van der Waals surface area contributed by atoms with Crippen LogP contribution in [0.2, 0.25) is 0 Å². The number of esters is 1. The number of phenols is 2.